The van der Waals surface area contributed by atoms with Crippen molar-refractivity contribution in [2.75, 3.05) is 25.4 Å². The van der Waals surface area contributed by atoms with E-state index in [1.54, 1.807) is 23.1 Å². The summed E-state index contributed by atoms with van der Waals surface area (Å²) in [6.45, 7) is 6.65. The van der Waals surface area contributed by atoms with Crippen LogP contribution in [0.1, 0.15) is 46.0 Å². The van der Waals surface area contributed by atoms with Gasteiger partial charge in [-0.3, -0.25) is 4.99 Å². The third kappa shape index (κ3) is 6.26. The van der Waals surface area contributed by atoms with E-state index in [-0.39, 0.29) is 11.5 Å². The smallest absolute Gasteiger partial charge is 0.191 e. The average molecular weight is 371 g/mol. The largest absolute Gasteiger partial charge is 0.392 e. The first-order valence-electron chi connectivity index (χ1n) is 8.86. The molecule has 0 aromatic carbocycles. The number of hydrogen-bond acceptors (Lipinski definition) is 5. The van der Waals surface area contributed by atoms with Gasteiger partial charge in [-0.1, -0.05) is 31.5 Å². The highest BCUT2D eigenvalue weighted by Crippen LogP contribution is 2.36. The second-order valence-corrected chi connectivity index (χ2v) is 8.77. The average Bonchev–Trinajstić information content (AvgIpc) is 3.08. The topological polar surface area (TPSA) is 69.5 Å². The van der Waals surface area contributed by atoms with E-state index in [1.165, 1.54) is 6.42 Å². The molecule has 136 valence electrons. The van der Waals surface area contributed by atoms with Crippen LogP contribution in [-0.2, 0) is 0 Å². The SMILES string of the molecule is CCNC(=NCC1(C)CCCCC1O)NCCCSc1nccs1. The fraction of sp³-hybridized carbons (Fsp3) is 0.765. The van der Waals surface area contributed by atoms with Gasteiger partial charge in [0, 0.05) is 35.8 Å². The number of hydrogen-bond donors (Lipinski definition) is 3. The number of aliphatic imine (C=N–C) groups is 1. The molecular formula is C17H30N4OS2. The summed E-state index contributed by atoms with van der Waals surface area (Å²) in [6.07, 6.45) is 6.98. The Kier molecular flexibility index (Phi) is 8.35. The predicted molar refractivity (Wildman–Crippen MR) is 104 cm³/mol. The lowest BCUT2D eigenvalue weighted by Crippen LogP contribution is -2.42. The Hall–Kier alpha value is -0.790. The maximum Gasteiger partial charge on any atom is 0.191 e. The first-order chi connectivity index (χ1) is 11.6. The van der Waals surface area contributed by atoms with E-state index in [2.05, 4.69) is 29.5 Å². The molecule has 7 heteroatoms. The lowest BCUT2D eigenvalue weighted by molar-refractivity contribution is 0.00716. The van der Waals surface area contributed by atoms with Crippen LogP contribution >= 0.6 is 23.1 Å². The van der Waals surface area contributed by atoms with Gasteiger partial charge in [0.25, 0.3) is 0 Å². The normalized spacial score (nSPS) is 24.8. The Labute approximate surface area is 153 Å². The van der Waals surface area contributed by atoms with Gasteiger partial charge in [-0.2, -0.15) is 0 Å². The van der Waals surface area contributed by atoms with Crippen LogP contribution in [0.2, 0.25) is 0 Å². The highest BCUT2D eigenvalue weighted by atomic mass is 32.2. The third-order valence-corrected chi connectivity index (χ3v) is 6.52. The number of aliphatic hydroxyl groups is 1. The molecule has 1 aromatic heterocycles. The van der Waals surface area contributed by atoms with Crippen LogP contribution in [0.4, 0.5) is 0 Å². The molecule has 1 saturated carbocycles. The Morgan fingerprint density at radius 3 is 3.08 bits per heavy atom. The molecular weight excluding hydrogens is 340 g/mol. The van der Waals surface area contributed by atoms with Crippen LogP contribution in [0.25, 0.3) is 0 Å². The van der Waals surface area contributed by atoms with Crippen molar-refractivity contribution in [1.82, 2.24) is 15.6 Å². The van der Waals surface area contributed by atoms with Gasteiger partial charge < -0.3 is 15.7 Å². The summed E-state index contributed by atoms with van der Waals surface area (Å²) < 4.78 is 1.13. The lowest BCUT2D eigenvalue weighted by atomic mass is 9.73. The van der Waals surface area contributed by atoms with Crippen LogP contribution in [0.5, 0.6) is 0 Å². The molecule has 1 fully saturated rings. The molecule has 5 nitrogen and oxygen atoms in total. The first kappa shape index (κ1) is 19.5. The number of nitrogens with zero attached hydrogens (tertiary/aromatic N) is 2. The zero-order valence-corrected chi connectivity index (χ0v) is 16.4. The maximum atomic E-state index is 10.3. The van der Waals surface area contributed by atoms with E-state index >= 15 is 0 Å². The van der Waals surface area contributed by atoms with Gasteiger partial charge in [0.15, 0.2) is 5.96 Å². The predicted octanol–water partition coefficient (Wildman–Crippen LogP) is 3.12. The van der Waals surface area contributed by atoms with E-state index in [4.69, 9.17) is 4.99 Å². The number of aromatic nitrogens is 1. The van der Waals surface area contributed by atoms with Crippen molar-refractivity contribution in [2.24, 2.45) is 10.4 Å². The lowest BCUT2D eigenvalue weighted by Gasteiger charge is -2.37. The number of thiazole rings is 1. The summed E-state index contributed by atoms with van der Waals surface area (Å²) >= 11 is 3.49. The summed E-state index contributed by atoms with van der Waals surface area (Å²) in [5.41, 5.74) is -0.0820. The van der Waals surface area contributed by atoms with E-state index in [0.29, 0.717) is 6.54 Å². The molecule has 24 heavy (non-hydrogen) atoms. The standard InChI is InChI=1S/C17H30N4OS2/c1-3-18-15(19-9-6-11-23-16-20-10-12-24-16)21-13-17(2)8-5-4-7-14(17)22/h10,12,14,22H,3-9,11,13H2,1-2H3,(H2,18,19,21). The molecule has 0 saturated heterocycles. The number of aliphatic hydroxyl groups excluding tert-OH is 1. The van der Waals surface area contributed by atoms with Crippen molar-refractivity contribution < 1.29 is 5.11 Å². The molecule has 0 spiro atoms. The number of guanidine groups is 1. The molecule has 0 bridgehead atoms. The van der Waals surface area contributed by atoms with Crippen molar-refractivity contribution in [3.8, 4) is 0 Å². The van der Waals surface area contributed by atoms with Gasteiger partial charge in [-0.25, -0.2) is 4.98 Å². The van der Waals surface area contributed by atoms with Gasteiger partial charge in [-0.05, 0) is 26.2 Å². The van der Waals surface area contributed by atoms with Crippen LogP contribution in [-0.4, -0.2) is 47.5 Å². The zero-order valence-electron chi connectivity index (χ0n) is 14.8. The molecule has 1 aliphatic carbocycles. The fourth-order valence-corrected chi connectivity index (χ4v) is 4.53. The summed E-state index contributed by atoms with van der Waals surface area (Å²) in [6, 6.07) is 0. The Balaban J connectivity index is 1.73. The third-order valence-electron chi connectivity index (χ3n) is 4.47. The van der Waals surface area contributed by atoms with E-state index in [9.17, 15) is 5.11 Å². The van der Waals surface area contributed by atoms with Crippen molar-refractivity contribution in [1.29, 1.82) is 0 Å². The van der Waals surface area contributed by atoms with Crippen molar-refractivity contribution >= 4 is 29.1 Å². The molecule has 2 rings (SSSR count). The second-order valence-electron chi connectivity index (χ2n) is 6.54. The number of rotatable bonds is 8. The van der Waals surface area contributed by atoms with Gasteiger partial charge in [0.2, 0.25) is 0 Å². The molecule has 1 heterocycles. The molecule has 0 aliphatic heterocycles. The molecule has 0 radical (unpaired) electrons. The van der Waals surface area contributed by atoms with Crippen LogP contribution in [0.3, 0.4) is 0 Å². The molecule has 2 unspecified atom stereocenters. The molecule has 1 aliphatic rings. The summed E-state index contributed by atoms with van der Waals surface area (Å²) in [5, 5.41) is 19.0. The molecule has 1 aromatic rings. The summed E-state index contributed by atoms with van der Waals surface area (Å²) in [4.78, 5) is 9.00. The Morgan fingerprint density at radius 1 is 1.50 bits per heavy atom. The minimum atomic E-state index is -0.229. The number of nitrogens with one attached hydrogen (secondary N) is 2. The summed E-state index contributed by atoms with van der Waals surface area (Å²) in [5.74, 6) is 1.91. The highest BCUT2D eigenvalue weighted by molar-refractivity contribution is 8.00. The van der Waals surface area contributed by atoms with Crippen LogP contribution in [0, 0.1) is 5.41 Å². The summed E-state index contributed by atoms with van der Waals surface area (Å²) in [7, 11) is 0. The molecule has 0 amide bonds. The zero-order chi connectivity index (χ0) is 17.3. The van der Waals surface area contributed by atoms with E-state index < -0.39 is 0 Å². The quantitative estimate of drug-likeness (QED) is 0.284. The minimum absolute atomic E-state index is 0.0820. The van der Waals surface area contributed by atoms with Gasteiger partial charge >= 0.3 is 0 Å². The maximum absolute atomic E-state index is 10.3. The number of thioether (sulfide) groups is 1. The van der Waals surface area contributed by atoms with E-state index in [1.807, 2.05) is 11.6 Å². The first-order valence-corrected chi connectivity index (χ1v) is 10.7. The monoisotopic (exact) mass is 370 g/mol. The fourth-order valence-electron chi connectivity index (χ4n) is 2.89. The molecule has 3 N–H and O–H groups in total. The van der Waals surface area contributed by atoms with E-state index in [0.717, 1.165) is 54.8 Å². The van der Waals surface area contributed by atoms with Gasteiger partial charge in [-0.15, -0.1) is 11.3 Å². The van der Waals surface area contributed by atoms with Crippen molar-refractivity contribution in [2.45, 2.75) is 56.4 Å². The minimum Gasteiger partial charge on any atom is -0.392 e. The van der Waals surface area contributed by atoms with Crippen molar-refractivity contribution in [3.63, 3.8) is 0 Å². The highest BCUT2D eigenvalue weighted by Gasteiger charge is 2.35. The van der Waals surface area contributed by atoms with Crippen molar-refractivity contribution in [3.05, 3.63) is 11.6 Å². The molecule has 2 atom stereocenters. The Bertz CT molecular complexity index is 495. The van der Waals surface area contributed by atoms with Crippen LogP contribution < -0.4 is 10.6 Å². The Morgan fingerprint density at radius 2 is 2.38 bits per heavy atom. The second kappa shape index (κ2) is 10.3. The van der Waals surface area contributed by atoms with Crippen LogP contribution in [0.15, 0.2) is 20.9 Å². The van der Waals surface area contributed by atoms with Gasteiger partial charge in [0.05, 0.1) is 12.6 Å². The van der Waals surface area contributed by atoms with Gasteiger partial charge in [0.1, 0.15) is 4.34 Å².